The quantitative estimate of drug-likeness (QED) is 0.812. The van der Waals surface area contributed by atoms with E-state index in [0.717, 1.165) is 31.8 Å². The van der Waals surface area contributed by atoms with Crippen LogP contribution in [0.2, 0.25) is 0 Å². The van der Waals surface area contributed by atoms with Crippen LogP contribution >= 0.6 is 0 Å². The Balaban J connectivity index is 1.69. The summed E-state index contributed by atoms with van der Waals surface area (Å²) < 4.78 is 5.80. The lowest BCUT2D eigenvalue weighted by Gasteiger charge is -2.33. The molecule has 25 heavy (non-hydrogen) atoms. The molecule has 1 unspecified atom stereocenters. The van der Waals surface area contributed by atoms with Gasteiger partial charge in [-0.15, -0.1) is 0 Å². The predicted octanol–water partition coefficient (Wildman–Crippen LogP) is 4.39. The minimum absolute atomic E-state index is 0.559. The third kappa shape index (κ3) is 4.63. The third-order valence-electron chi connectivity index (χ3n) is 4.96. The molecule has 3 rings (SSSR count). The van der Waals surface area contributed by atoms with Crippen LogP contribution < -0.4 is 4.74 Å². The van der Waals surface area contributed by atoms with Crippen molar-refractivity contribution in [2.75, 3.05) is 19.7 Å². The SMILES string of the molecule is CCOc1ccccc1CN1CCCC(c2[nH]ncc2CC(C)C)C1. The molecule has 2 heterocycles. The highest BCUT2D eigenvalue weighted by molar-refractivity contribution is 5.33. The van der Waals surface area contributed by atoms with Crippen molar-refractivity contribution >= 4 is 0 Å². The molecule has 1 saturated heterocycles. The number of aromatic amines is 1. The van der Waals surface area contributed by atoms with Crippen LogP contribution in [-0.4, -0.2) is 34.8 Å². The van der Waals surface area contributed by atoms with Crippen LogP contribution in [0.25, 0.3) is 0 Å². The number of rotatable bonds is 7. The van der Waals surface area contributed by atoms with E-state index in [1.54, 1.807) is 0 Å². The van der Waals surface area contributed by atoms with Gasteiger partial charge in [0, 0.05) is 30.3 Å². The number of H-pyrrole nitrogens is 1. The Morgan fingerprint density at radius 3 is 2.92 bits per heavy atom. The summed E-state index contributed by atoms with van der Waals surface area (Å²) in [4.78, 5) is 2.56. The topological polar surface area (TPSA) is 41.1 Å². The van der Waals surface area contributed by atoms with Crippen molar-refractivity contribution in [2.45, 2.75) is 52.5 Å². The highest BCUT2D eigenvalue weighted by Gasteiger charge is 2.25. The summed E-state index contributed by atoms with van der Waals surface area (Å²) in [6.07, 6.45) is 5.62. The van der Waals surface area contributed by atoms with Gasteiger partial charge < -0.3 is 4.74 Å². The molecule has 0 amide bonds. The standard InChI is InChI=1S/C21H31N3O/c1-4-25-20-10-6-5-8-17(20)14-24-11-7-9-18(15-24)21-19(12-16(2)3)13-22-23-21/h5-6,8,10,13,16,18H,4,7,9,11-12,14-15H2,1-3H3,(H,22,23). The summed E-state index contributed by atoms with van der Waals surface area (Å²) in [5, 5.41) is 7.63. The first-order valence-corrected chi connectivity index (χ1v) is 9.62. The molecule has 136 valence electrons. The van der Waals surface area contributed by atoms with Gasteiger partial charge in [0.05, 0.1) is 12.8 Å². The van der Waals surface area contributed by atoms with Crippen molar-refractivity contribution in [1.29, 1.82) is 0 Å². The fraction of sp³-hybridized carbons (Fsp3) is 0.571. The number of nitrogens with one attached hydrogen (secondary N) is 1. The molecule has 4 nitrogen and oxygen atoms in total. The minimum atomic E-state index is 0.559. The second-order valence-electron chi connectivity index (χ2n) is 7.52. The summed E-state index contributed by atoms with van der Waals surface area (Å²) in [5.74, 6) is 2.24. The molecule has 1 aliphatic heterocycles. The number of hydrogen-bond donors (Lipinski definition) is 1. The predicted molar refractivity (Wildman–Crippen MR) is 102 cm³/mol. The minimum Gasteiger partial charge on any atom is -0.494 e. The van der Waals surface area contributed by atoms with Gasteiger partial charge >= 0.3 is 0 Å². The number of likely N-dealkylation sites (tertiary alicyclic amines) is 1. The van der Waals surface area contributed by atoms with Crippen molar-refractivity contribution in [2.24, 2.45) is 5.92 Å². The normalized spacial score (nSPS) is 18.6. The highest BCUT2D eigenvalue weighted by Crippen LogP contribution is 2.30. The number of nitrogens with zero attached hydrogens (tertiary/aromatic N) is 2. The van der Waals surface area contributed by atoms with Crippen molar-refractivity contribution in [3.63, 3.8) is 0 Å². The van der Waals surface area contributed by atoms with Gasteiger partial charge in [0.15, 0.2) is 0 Å². The molecule has 0 spiro atoms. The number of aromatic nitrogens is 2. The highest BCUT2D eigenvalue weighted by atomic mass is 16.5. The molecule has 4 heteroatoms. The summed E-state index contributed by atoms with van der Waals surface area (Å²) >= 11 is 0. The second-order valence-corrected chi connectivity index (χ2v) is 7.52. The zero-order valence-corrected chi connectivity index (χ0v) is 15.8. The Morgan fingerprint density at radius 2 is 2.12 bits per heavy atom. The smallest absolute Gasteiger partial charge is 0.123 e. The van der Waals surface area contributed by atoms with E-state index in [-0.39, 0.29) is 0 Å². The number of ether oxygens (including phenoxy) is 1. The molecule has 1 aromatic carbocycles. The first-order chi connectivity index (χ1) is 12.2. The molecule has 1 fully saturated rings. The monoisotopic (exact) mass is 341 g/mol. The van der Waals surface area contributed by atoms with Crippen LogP contribution in [0.4, 0.5) is 0 Å². The summed E-state index contributed by atoms with van der Waals surface area (Å²) in [5.41, 5.74) is 4.05. The van der Waals surface area contributed by atoms with E-state index < -0.39 is 0 Å². The Hall–Kier alpha value is -1.81. The molecule has 2 aromatic rings. The molecule has 1 aromatic heterocycles. The van der Waals surface area contributed by atoms with Gasteiger partial charge in [-0.05, 0) is 50.3 Å². The zero-order valence-electron chi connectivity index (χ0n) is 15.8. The van der Waals surface area contributed by atoms with E-state index in [1.165, 1.54) is 29.7 Å². The van der Waals surface area contributed by atoms with Gasteiger partial charge in [0.1, 0.15) is 5.75 Å². The van der Waals surface area contributed by atoms with Gasteiger partial charge in [0.25, 0.3) is 0 Å². The summed E-state index contributed by atoms with van der Waals surface area (Å²) in [6.45, 7) is 10.5. The number of benzene rings is 1. The van der Waals surface area contributed by atoms with E-state index in [4.69, 9.17) is 4.74 Å². The summed E-state index contributed by atoms with van der Waals surface area (Å²) in [7, 11) is 0. The lowest BCUT2D eigenvalue weighted by atomic mass is 9.90. The molecular weight excluding hydrogens is 310 g/mol. The van der Waals surface area contributed by atoms with Gasteiger partial charge in [-0.2, -0.15) is 5.10 Å². The lowest BCUT2D eigenvalue weighted by Crippen LogP contribution is -2.34. The second kappa shape index (κ2) is 8.52. The maximum Gasteiger partial charge on any atom is 0.123 e. The largest absolute Gasteiger partial charge is 0.494 e. The Kier molecular flexibility index (Phi) is 6.14. The van der Waals surface area contributed by atoms with Crippen molar-refractivity contribution in [3.05, 3.63) is 47.3 Å². The molecule has 0 radical (unpaired) electrons. The maximum atomic E-state index is 5.80. The van der Waals surface area contributed by atoms with Crippen LogP contribution in [0.5, 0.6) is 5.75 Å². The number of hydrogen-bond acceptors (Lipinski definition) is 3. The van der Waals surface area contributed by atoms with Crippen LogP contribution in [0.3, 0.4) is 0 Å². The fourth-order valence-corrected chi connectivity index (χ4v) is 3.88. The molecule has 0 aliphatic carbocycles. The Bertz CT molecular complexity index is 665. The van der Waals surface area contributed by atoms with E-state index in [0.29, 0.717) is 18.4 Å². The molecule has 1 atom stereocenters. The van der Waals surface area contributed by atoms with E-state index >= 15 is 0 Å². The number of para-hydroxylation sites is 1. The average Bonchev–Trinajstić information content (AvgIpc) is 3.04. The van der Waals surface area contributed by atoms with Crippen LogP contribution in [0.1, 0.15) is 56.4 Å². The Labute approximate surface area is 151 Å². The van der Waals surface area contributed by atoms with Crippen LogP contribution in [0.15, 0.2) is 30.5 Å². The zero-order chi connectivity index (χ0) is 17.6. The average molecular weight is 341 g/mol. The molecule has 0 saturated carbocycles. The van der Waals surface area contributed by atoms with Crippen molar-refractivity contribution in [3.8, 4) is 5.75 Å². The van der Waals surface area contributed by atoms with Crippen LogP contribution in [-0.2, 0) is 13.0 Å². The van der Waals surface area contributed by atoms with Crippen molar-refractivity contribution in [1.82, 2.24) is 15.1 Å². The van der Waals surface area contributed by atoms with Gasteiger partial charge in [-0.25, -0.2) is 0 Å². The van der Waals surface area contributed by atoms with E-state index in [9.17, 15) is 0 Å². The third-order valence-corrected chi connectivity index (χ3v) is 4.96. The fourth-order valence-electron chi connectivity index (χ4n) is 3.88. The molecule has 0 bridgehead atoms. The lowest BCUT2D eigenvalue weighted by molar-refractivity contribution is 0.195. The first kappa shape index (κ1) is 18.0. The van der Waals surface area contributed by atoms with E-state index in [2.05, 4.69) is 53.2 Å². The van der Waals surface area contributed by atoms with Crippen molar-refractivity contribution < 1.29 is 4.74 Å². The molecular formula is C21H31N3O. The van der Waals surface area contributed by atoms with Crippen LogP contribution in [0, 0.1) is 5.92 Å². The van der Waals surface area contributed by atoms with Gasteiger partial charge in [-0.3, -0.25) is 10.00 Å². The summed E-state index contributed by atoms with van der Waals surface area (Å²) in [6, 6.07) is 8.43. The van der Waals surface area contributed by atoms with Gasteiger partial charge in [-0.1, -0.05) is 32.0 Å². The molecule has 1 aliphatic rings. The van der Waals surface area contributed by atoms with E-state index in [1.807, 2.05) is 13.1 Å². The van der Waals surface area contributed by atoms with Gasteiger partial charge in [0.2, 0.25) is 0 Å². The maximum absolute atomic E-state index is 5.80. The Morgan fingerprint density at radius 1 is 1.28 bits per heavy atom. The number of piperidine rings is 1. The molecule has 1 N–H and O–H groups in total. The first-order valence-electron chi connectivity index (χ1n) is 9.62.